The Kier molecular flexibility index (Phi) is 3.69. The first-order chi connectivity index (χ1) is 7.84. The molecule has 0 unspecified atom stereocenters. The Hall–Kier alpha value is -2.09. The molecule has 0 amide bonds. The maximum absolute atomic E-state index is 13.3. The molecule has 0 aliphatic rings. The molecule has 8 heteroatoms. The predicted octanol–water partition coefficient (Wildman–Crippen LogP) is 1.70. The normalized spacial score (nSPS) is 10.6. The van der Waals surface area contributed by atoms with Crippen LogP contribution in [0.3, 0.4) is 0 Å². The van der Waals surface area contributed by atoms with Crippen LogP contribution >= 0.6 is 0 Å². The minimum absolute atomic E-state index is 0.0790. The molecule has 0 atom stereocenters. The number of nitro benzene ring substituents is 2. The van der Waals surface area contributed by atoms with E-state index in [1.54, 1.807) is 14.1 Å². The Morgan fingerprint density at radius 3 is 2.24 bits per heavy atom. The molecule has 1 rings (SSSR count). The highest BCUT2D eigenvalue weighted by Gasteiger charge is 2.29. The van der Waals surface area contributed by atoms with Crippen molar-refractivity contribution in [3.8, 4) is 0 Å². The van der Waals surface area contributed by atoms with E-state index in [1.165, 1.54) is 4.90 Å². The average molecular weight is 243 g/mol. The van der Waals surface area contributed by atoms with Crippen LogP contribution in [0.15, 0.2) is 12.1 Å². The molecule has 0 aromatic heterocycles. The van der Waals surface area contributed by atoms with Crippen molar-refractivity contribution in [3.05, 3.63) is 43.7 Å². The second kappa shape index (κ2) is 4.83. The summed E-state index contributed by atoms with van der Waals surface area (Å²) in [6, 6.07) is 1.66. The van der Waals surface area contributed by atoms with Gasteiger partial charge in [-0.25, -0.2) is 0 Å². The molecule has 1 aromatic carbocycles. The summed E-state index contributed by atoms with van der Waals surface area (Å²) in [6.45, 7) is -0.0790. The van der Waals surface area contributed by atoms with Crippen molar-refractivity contribution in [2.45, 2.75) is 6.54 Å². The van der Waals surface area contributed by atoms with Gasteiger partial charge in [-0.05, 0) is 20.2 Å². The topological polar surface area (TPSA) is 89.5 Å². The molecule has 0 fully saturated rings. The van der Waals surface area contributed by atoms with Crippen LogP contribution in [0.25, 0.3) is 0 Å². The molecule has 0 spiro atoms. The van der Waals surface area contributed by atoms with Gasteiger partial charge in [-0.3, -0.25) is 20.2 Å². The number of nitro groups is 2. The molecular formula is C9H10FN3O4. The summed E-state index contributed by atoms with van der Waals surface area (Å²) in [5.41, 5.74) is -1.52. The summed E-state index contributed by atoms with van der Waals surface area (Å²) in [5, 5.41) is 21.5. The number of benzene rings is 1. The van der Waals surface area contributed by atoms with Crippen LogP contribution in [0.1, 0.15) is 5.56 Å². The van der Waals surface area contributed by atoms with Crippen LogP contribution in [0.5, 0.6) is 0 Å². The standard InChI is InChI=1S/C9H10FN3O4/c1-11(2)5-6-8(12(14)15)4-3-7(10)9(6)13(16)17/h3-4H,5H2,1-2H3. The number of halogens is 1. The maximum Gasteiger partial charge on any atom is 0.316 e. The van der Waals surface area contributed by atoms with Gasteiger partial charge >= 0.3 is 5.69 Å². The molecule has 0 aliphatic carbocycles. The third-order valence-corrected chi connectivity index (χ3v) is 2.06. The van der Waals surface area contributed by atoms with Gasteiger partial charge in [0, 0.05) is 12.6 Å². The third-order valence-electron chi connectivity index (χ3n) is 2.06. The fraction of sp³-hybridized carbons (Fsp3) is 0.333. The van der Waals surface area contributed by atoms with Crippen molar-refractivity contribution >= 4 is 11.4 Å². The second-order valence-electron chi connectivity index (χ2n) is 3.65. The van der Waals surface area contributed by atoms with Crippen molar-refractivity contribution < 1.29 is 14.2 Å². The van der Waals surface area contributed by atoms with E-state index in [4.69, 9.17) is 0 Å². The first kappa shape index (κ1) is 13.0. The van der Waals surface area contributed by atoms with Gasteiger partial charge < -0.3 is 4.90 Å². The summed E-state index contributed by atoms with van der Waals surface area (Å²) >= 11 is 0. The van der Waals surface area contributed by atoms with E-state index in [0.717, 1.165) is 12.1 Å². The van der Waals surface area contributed by atoms with Crippen molar-refractivity contribution in [2.24, 2.45) is 0 Å². The summed E-state index contributed by atoms with van der Waals surface area (Å²) in [7, 11) is 3.16. The number of rotatable bonds is 4. The highest BCUT2D eigenvalue weighted by Crippen LogP contribution is 2.31. The SMILES string of the molecule is CN(C)Cc1c([N+](=O)[O-])ccc(F)c1[N+](=O)[O-]. The van der Waals surface area contributed by atoms with Gasteiger partial charge in [-0.15, -0.1) is 0 Å². The fourth-order valence-corrected chi connectivity index (χ4v) is 1.44. The van der Waals surface area contributed by atoms with E-state index < -0.39 is 27.0 Å². The van der Waals surface area contributed by atoms with E-state index in [9.17, 15) is 24.6 Å². The molecule has 0 heterocycles. The highest BCUT2D eigenvalue weighted by atomic mass is 19.1. The van der Waals surface area contributed by atoms with Crippen LogP contribution in [0.2, 0.25) is 0 Å². The lowest BCUT2D eigenvalue weighted by Gasteiger charge is -2.10. The number of hydrogen-bond acceptors (Lipinski definition) is 5. The van der Waals surface area contributed by atoms with Gasteiger partial charge in [0.1, 0.15) is 5.56 Å². The molecule has 7 nitrogen and oxygen atoms in total. The Bertz CT molecular complexity index is 476. The van der Waals surface area contributed by atoms with Crippen LogP contribution in [0.4, 0.5) is 15.8 Å². The first-order valence-corrected chi connectivity index (χ1v) is 4.59. The first-order valence-electron chi connectivity index (χ1n) is 4.59. The molecule has 17 heavy (non-hydrogen) atoms. The van der Waals surface area contributed by atoms with Gasteiger partial charge in [0.25, 0.3) is 5.69 Å². The van der Waals surface area contributed by atoms with Crippen LogP contribution in [-0.2, 0) is 6.54 Å². The molecule has 0 saturated heterocycles. The van der Waals surface area contributed by atoms with Crippen LogP contribution in [0, 0.1) is 26.0 Å². The Balaban J connectivity index is 3.49. The molecular weight excluding hydrogens is 233 g/mol. The Morgan fingerprint density at radius 1 is 1.24 bits per heavy atom. The zero-order chi connectivity index (χ0) is 13.2. The second-order valence-corrected chi connectivity index (χ2v) is 3.65. The van der Waals surface area contributed by atoms with Gasteiger partial charge in [0.15, 0.2) is 0 Å². The lowest BCUT2D eigenvalue weighted by Crippen LogP contribution is -2.14. The van der Waals surface area contributed by atoms with Gasteiger partial charge in [0.05, 0.1) is 9.85 Å². The molecule has 0 N–H and O–H groups in total. The summed E-state index contributed by atoms with van der Waals surface area (Å²) < 4.78 is 13.3. The van der Waals surface area contributed by atoms with E-state index in [2.05, 4.69) is 0 Å². The zero-order valence-electron chi connectivity index (χ0n) is 9.21. The minimum atomic E-state index is -1.07. The minimum Gasteiger partial charge on any atom is -0.305 e. The lowest BCUT2D eigenvalue weighted by atomic mass is 10.1. The fourth-order valence-electron chi connectivity index (χ4n) is 1.44. The molecule has 0 bridgehead atoms. The van der Waals surface area contributed by atoms with Crippen LogP contribution < -0.4 is 0 Å². The molecule has 92 valence electrons. The highest BCUT2D eigenvalue weighted by molar-refractivity contribution is 5.54. The average Bonchev–Trinajstić information content (AvgIpc) is 2.15. The van der Waals surface area contributed by atoms with E-state index in [0.29, 0.717) is 0 Å². The summed E-state index contributed by atoms with van der Waals surface area (Å²) in [6.07, 6.45) is 0. The van der Waals surface area contributed by atoms with Crippen molar-refractivity contribution in [1.82, 2.24) is 4.90 Å². The van der Waals surface area contributed by atoms with E-state index >= 15 is 0 Å². The monoisotopic (exact) mass is 243 g/mol. The van der Waals surface area contributed by atoms with Gasteiger partial charge in [0.2, 0.25) is 5.82 Å². The molecule has 0 radical (unpaired) electrons. The van der Waals surface area contributed by atoms with Gasteiger partial charge in [-0.2, -0.15) is 4.39 Å². The Morgan fingerprint density at radius 2 is 1.82 bits per heavy atom. The largest absolute Gasteiger partial charge is 0.316 e. The number of hydrogen-bond donors (Lipinski definition) is 0. The predicted molar refractivity (Wildman–Crippen MR) is 57.1 cm³/mol. The van der Waals surface area contributed by atoms with Crippen molar-refractivity contribution in [2.75, 3.05) is 14.1 Å². The third kappa shape index (κ3) is 2.72. The van der Waals surface area contributed by atoms with Gasteiger partial charge in [-0.1, -0.05) is 0 Å². The van der Waals surface area contributed by atoms with Crippen molar-refractivity contribution in [3.63, 3.8) is 0 Å². The molecule has 0 saturated carbocycles. The smallest absolute Gasteiger partial charge is 0.305 e. The van der Waals surface area contributed by atoms with E-state index in [1.807, 2.05) is 0 Å². The lowest BCUT2D eigenvalue weighted by molar-refractivity contribution is -0.397. The molecule has 1 aromatic rings. The van der Waals surface area contributed by atoms with Crippen molar-refractivity contribution in [1.29, 1.82) is 0 Å². The quantitative estimate of drug-likeness (QED) is 0.593. The zero-order valence-corrected chi connectivity index (χ0v) is 9.21. The van der Waals surface area contributed by atoms with Crippen LogP contribution in [-0.4, -0.2) is 28.8 Å². The molecule has 0 aliphatic heterocycles. The Labute approximate surface area is 95.8 Å². The summed E-state index contributed by atoms with van der Waals surface area (Å²) in [4.78, 5) is 21.2. The maximum atomic E-state index is 13.3. The summed E-state index contributed by atoms with van der Waals surface area (Å²) in [5.74, 6) is -1.07. The number of nitrogens with zero attached hydrogens (tertiary/aromatic N) is 3. The van der Waals surface area contributed by atoms with E-state index in [-0.39, 0.29) is 12.1 Å².